The Kier molecular flexibility index (Phi) is 9.43. The van der Waals surface area contributed by atoms with Crippen molar-refractivity contribution in [1.29, 1.82) is 0 Å². The molecular formula is C24H40N4O2. The molecule has 30 heavy (non-hydrogen) atoms. The third-order valence-electron chi connectivity index (χ3n) is 5.96. The van der Waals surface area contributed by atoms with Gasteiger partial charge in [-0.2, -0.15) is 0 Å². The molecule has 3 unspecified atom stereocenters. The van der Waals surface area contributed by atoms with Crippen LogP contribution in [0, 0.1) is 18.8 Å². The van der Waals surface area contributed by atoms with Crippen LogP contribution in [0.4, 0.5) is 0 Å². The fourth-order valence-corrected chi connectivity index (χ4v) is 4.28. The summed E-state index contributed by atoms with van der Waals surface area (Å²) in [7, 11) is 0. The standard InChI is InChI=1S/C24H40N4O2/c1-4-25-24(26-16-20(3)18-28-11-14-29-15-12-28)27-17-22-6-5-13-30-23(22)21-9-7-19(2)8-10-21/h7-10,20,22-23H,4-6,11-18H2,1-3H3,(H2,25,26,27). The van der Waals surface area contributed by atoms with E-state index in [0.717, 1.165) is 71.5 Å². The highest BCUT2D eigenvalue weighted by atomic mass is 16.5. The summed E-state index contributed by atoms with van der Waals surface area (Å²) >= 11 is 0. The largest absolute Gasteiger partial charge is 0.379 e. The van der Waals surface area contributed by atoms with Gasteiger partial charge in [0.2, 0.25) is 0 Å². The summed E-state index contributed by atoms with van der Waals surface area (Å²) in [6.07, 6.45) is 2.46. The number of benzene rings is 1. The molecule has 0 radical (unpaired) electrons. The molecule has 0 spiro atoms. The van der Waals surface area contributed by atoms with Gasteiger partial charge in [0.15, 0.2) is 5.96 Å². The van der Waals surface area contributed by atoms with Crippen LogP contribution >= 0.6 is 0 Å². The summed E-state index contributed by atoms with van der Waals surface area (Å²) < 4.78 is 11.6. The van der Waals surface area contributed by atoms with Gasteiger partial charge in [-0.1, -0.05) is 36.8 Å². The maximum atomic E-state index is 6.18. The van der Waals surface area contributed by atoms with E-state index < -0.39 is 0 Å². The van der Waals surface area contributed by atoms with Gasteiger partial charge in [-0.15, -0.1) is 0 Å². The second-order valence-corrected chi connectivity index (χ2v) is 8.72. The Bertz CT molecular complexity index is 643. The lowest BCUT2D eigenvalue weighted by Crippen LogP contribution is -2.42. The topological polar surface area (TPSA) is 58.1 Å². The summed E-state index contributed by atoms with van der Waals surface area (Å²) in [4.78, 5) is 7.35. The van der Waals surface area contributed by atoms with Gasteiger partial charge < -0.3 is 20.1 Å². The average molecular weight is 417 g/mol. The smallest absolute Gasteiger partial charge is 0.191 e. The number of aliphatic imine (C=N–C) groups is 1. The number of morpholine rings is 1. The minimum absolute atomic E-state index is 0.162. The fraction of sp³-hybridized carbons (Fsp3) is 0.708. The van der Waals surface area contributed by atoms with Crippen molar-refractivity contribution in [3.63, 3.8) is 0 Å². The van der Waals surface area contributed by atoms with Crippen LogP contribution in [0.15, 0.2) is 29.3 Å². The van der Waals surface area contributed by atoms with Gasteiger partial charge in [0, 0.05) is 51.8 Å². The SMILES string of the molecule is CCNC(=NCC(C)CN1CCOCC1)NCC1CCCOC1c1ccc(C)cc1. The number of nitrogens with zero attached hydrogens (tertiary/aromatic N) is 2. The number of hydrogen-bond donors (Lipinski definition) is 2. The van der Waals surface area contributed by atoms with E-state index in [2.05, 4.69) is 60.6 Å². The van der Waals surface area contributed by atoms with Crippen LogP contribution in [0.25, 0.3) is 0 Å². The van der Waals surface area contributed by atoms with Gasteiger partial charge in [0.05, 0.1) is 19.3 Å². The van der Waals surface area contributed by atoms with Crippen LogP contribution in [-0.4, -0.2) is 69.9 Å². The Labute approximate surface area is 182 Å². The first kappa shape index (κ1) is 23.0. The number of nitrogens with one attached hydrogen (secondary N) is 2. The molecule has 3 atom stereocenters. The van der Waals surface area contributed by atoms with E-state index in [1.807, 2.05) is 0 Å². The molecule has 0 aromatic heterocycles. The number of rotatable bonds is 8. The summed E-state index contributed by atoms with van der Waals surface area (Å²) in [5, 5.41) is 6.99. The summed E-state index contributed by atoms with van der Waals surface area (Å²) in [5.74, 6) is 1.90. The molecule has 2 saturated heterocycles. The number of guanidine groups is 1. The first-order valence-electron chi connectivity index (χ1n) is 11.7. The minimum atomic E-state index is 0.162. The van der Waals surface area contributed by atoms with E-state index in [4.69, 9.17) is 14.5 Å². The van der Waals surface area contributed by atoms with Crippen LogP contribution < -0.4 is 10.6 Å². The van der Waals surface area contributed by atoms with Gasteiger partial charge in [-0.05, 0) is 38.2 Å². The Balaban J connectivity index is 1.52. The second kappa shape index (κ2) is 12.3. The van der Waals surface area contributed by atoms with Crippen LogP contribution in [0.1, 0.15) is 43.9 Å². The van der Waals surface area contributed by atoms with Crippen molar-refractivity contribution in [3.8, 4) is 0 Å². The highest BCUT2D eigenvalue weighted by Gasteiger charge is 2.27. The molecular weight excluding hydrogens is 376 g/mol. The number of aryl methyl sites for hydroxylation is 1. The van der Waals surface area contributed by atoms with E-state index in [1.165, 1.54) is 17.5 Å². The van der Waals surface area contributed by atoms with Crippen molar-refractivity contribution < 1.29 is 9.47 Å². The highest BCUT2D eigenvalue weighted by Crippen LogP contribution is 2.33. The zero-order valence-electron chi connectivity index (χ0n) is 19.0. The zero-order chi connectivity index (χ0) is 21.2. The Morgan fingerprint density at radius 2 is 1.93 bits per heavy atom. The van der Waals surface area contributed by atoms with Crippen molar-refractivity contribution in [2.24, 2.45) is 16.8 Å². The van der Waals surface area contributed by atoms with Crippen molar-refractivity contribution in [3.05, 3.63) is 35.4 Å². The van der Waals surface area contributed by atoms with E-state index in [1.54, 1.807) is 0 Å². The molecule has 2 aliphatic rings. The van der Waals surface area contributed by atoms with Gasteiger partial charge >= 0.3 is 0 Å². The lowest BCUT2D eigenvalue weighted by atomic mass is 9.89. The van der Waals surface area contributed by atoms with Crippen LogP contribution in [0.3, 0.4) is 0 Å². The molecule has 0 aliphatic carbocycles. The van der Waals surface area contributed by atoms with E-state index in [0.29, 0.717) is 11.8 Å². The Morgan fingerprint density at radius 1 is 1.17 bits per heavy atom. The minimum Gasteiger partial charge on any atom is -0.379 e. The molecule has 2 fully saturated rings. The van der Waals surface area contributed by atoms with Crippen LogP contribution in [0.2, 0.25) is 0 Å². The molecule has 2 aliphatic heterocycles. The average Bonchev–Trinajstić information content (AvgIpc) is 2.77. The van der Waals surface area contributed by atoms with Crippen LogP contribution in [0.5, 0.6) is 0 Å². The third-order valence-corrected chi connectivity index (χ3v) is 5.96. The number of hydrogen-bond acceptors (Lipinski definition) is 4. The summed E-state index contributed by atoms with van der Waals surface area (Å²) in [5.41, 5.74) is 2.57. The molecule has 1 aromatic carbocycles. The molecule has 168 valence electrons. The number of ether oxygens (including phenoxy) is 2. The molecule has 2 heterocycles. The molecule has 6 heteroatoms. The van der Waals surface area contributed by atoms with E-state index in [9.17, 15) is 0 Å². The molecule has 0 bridgehead atoms. The third kappa shape index (κ3) is 7.25. The second-order valence-electron chi connectivity index (χ2n) is 8.72. The first-order valence-corrected chi connectivity index (χ1v) is 11.7. The van der Waals surface area contributed by atoms with E-state index in [-0.39, 0.29) is 6.10 Å². The lowest BCUT2D eigenvalue weighted by Gasteiger charge is -2.33. The summed E-state index contributed by atoms with van der Waals surface area (Å²) in [6.45, 7) is 14.8. The van der Waals surface area contributed by atoms with Gasteiger partial charge in [-0.25, -0.2) is 0 Å². The molecule has 0 saturated carbocycles. The lowest BCUT2D eigenvalue weighted by molar-refractivity contribution is -0.0265. The quantitative estimate of drug-likeness (QED) is 0.504. The van der Waals surface area contributed by atoms with Crippen LogP contribution in [-0.2, 0) is 9.47 Å². The van der Waals surface area contributed by atoms with E-state index >= 15 is 0 Å². The van der Waals surface area contributed by atoms with Gasteiger partial charge in [0.25, 0.3) is 0 Å². The van der Waals surface area contributed by atoms with Gasteiger partial charge in [0.1, 0.15) is 0 Å². The van der Waals surface area contributed by atoms with Crippen molar-refractivity contribution in [2.45, 2.75) is 39.7 Å². The summed E-state index contributed by atoms with van der Waals surface area (Å²) in [6, 6.07) is 8.79. The first-order chi connectivity index (χ1) is 14.7. The Hall–Kier alpha value is -1.63. The van der Waals surface area contributed by atoms with Crippen molar-refractivity contribution in [2.75, 3.05) is 59.1 Å². The monoisotopic (exact) mass is 416 g/mol. The highest BCUT2D eigenvalue weighted by molar-refractivity contribution is 5.79. The zero-order valence-corrected chi connectivity index (χ0v) is 19.0. The maximum absolute atomic E-state index is 6.18. The predicted octanol–water partition coefficient (Wildman–Crippen LogP) is 2.99. The molecule has 1 aromatic rings. The predicted molar refractivity (Wildman–Crippen MR) is 123 cm³/mol. The van der Waals surface area contributed by atoms with Crippen molar-refractivity contribution >= 4 is 5.96 Å². The molecule has 0 amide bonds. The fourth-order valence-electron chi connectivity index (χ4n) is 4.28. The molecule has 6 nitrogen and oxygen atoms in total. The van der Waals surface area contributed by atoms with Gasteiger partial charge in [-0.3, -0.25) is 9.89 Å². The maximum Gasteiger partial charge on any atom is 0.191 e. The molecule has 2 N–H and O–H groups in total. The Morgan fingerprint density at radius 3 is 2.67 bits per heavy atom. The molecule has 3 rings (SSSR count). The normalized spacial score (nSPS) is 24.4. The van der Waals surface area contributed by atoms with Crippen molar-refractivity contribution in [1.82, 2.24) is 15.5 Å².